The van der Waals surface area contributed by atoms with Gasteiger partial charge >= 0.3 is 0 Å². The number of nitriles is 1. The highest BCUT2D eigenvalue weighted by atomic mass is 16.5. The fraction of sp³-hybridized carbons (Fsp3) is 0.103. The lowest BCUT2D eigenvalue weighted by atomic mass is 9.81. The van der Waals surface area contributed by atoms with Crippen LogP contribution in [0.25, 0.3) is 22.2 Å². The summed E-state index contributed by atoms with van der Waals surface area (Å²) in [6.45, 7) is 3.85. The second kappa shape index (κ2) is 8.50. The summed E-state index contributed by atoms with van der Waals surface area (Å²) in [5, 5.41) is 15.7. The number of allylic oxidation sites excluding steroid dienone is 1. The molecule has 37 heavy (non-hydrogen) atoms. The summed E-state index contributed by atoms with van der Waals surface area (Å²) in [5.74, 6) is -0.818. The second-order valence-corrected chi connectivity index (χ2v) is 9.01. The first-order valence-corrected chi connectivity index (χ1v) is 11.8. The maximum absolute atomic E-state index is 13.4. The van der Waals surface area contributed by atoms with Crippen molar-refractivity contribution in [3.8, 4) is 23.2 Å². The Balaban J connectivity index is 1.64. The number of fused-ring (bicyclic) bond motifs is 2. The van der Waals surface area contributed by atoms with Gasteiger partial charge in [-0.3, -0.25) is 9.78 Å². The van der Waals surface area contributed by atoms with Crippen LogP contribution in [0.15, 0.2) is 84.5 Å². The van der Waals surface area contributed by atoms with Crippen LogP contribution in [0.3, 0.4) is 0 Å². The molecule has 180 valence electrons. The number of para-hydroxylation sites is 1. The van der Waals surface area contributed by atoms with Crippen LogP contribution in [0.4, 0.5) is 0 Å². The van der Waals surface area contributed by atoms with Crippen molar-refractivity contribution in [2.45, 2.75) is 19.8 Å². The Kier molecular flexibility index (Phi) is 5.13. The largest absolute Gasteiger partial charge is 0.422 e. The number of carbonyl (C=O) groups is 1. The topological polar surface area (TPSA) is 123 Å². The Morgan fingerprint density at radius 2 is 1.78 bits per heavy atom. The Morgan fingerprint density at radius 1 is 1.05 bits per heavy atom. The van der Waals surface area contributed by atoms with Crippen molar-refractivity contribution in [3.63, 3.8) is 0 Å². The number of H-pyrrole nitrogens is 1. The Morgan fingerprint density at radius 3 is 2.51 bits per heavy atom. The number of aryl methyl sites for hydroxylation is 2. The van der Waals surface area contributed by atoms with E-state index in [0.29, 0.717) is 16.8 Å². The van der Waals surface area contributed by atoms with E-state index >= 15 is 0 Å². The maximum atomic E-state index is 13.4. The first-order valence-electron chi connectivity index (χ1n) is 11.8. The molecular formula is C29H22N6O2. The van der Waals surface area contributed by atoms with Gasteiger partial charge in [-0.25, -0.2) is 0 Å². The van der Waals surface area contributed by atoms with Crippen molar-refractivity contribution in [3.05, 3.63) is 112 Å². The number of carbonyl (C=O) groups excluding carboxylic acids is 1. The molecule has 0 radical (unpaired) electrons. The Hall–Kier alpha value is -5.16. The molecule has 3 aromatic heterocycles. The maximum Gasteiger partial charge on any atom is 0.281 e. The number of ether oxygens (including phenoxy) is 1. The van der Waals surface area contributed by atoms with Crippen LogP contribution >= 0.6 is 0 Å². The fourth-order valence-electron chi connectivity index (χ4n) is 4.97. The number of rotatable bonds is 3. The van der Waals surface area contributed by atoms with Crippen LogP contribution in [0.2, 0.25) is 0 Å². The number of pyridine rings is 1. The van der Waals surface area contributed by atoms with Gasteiger partial charge in [0, 0.05) is 28.9 Å². The first kappa shape index (κ1) is 22.3. The lowest BCUT2D eigenvalue weighted by molar-refractivity contribution is 0.0933. The molecule has 1 aliphatic rings. The molecule has 0 saturated heterocycles. The quantitative estimate of drug-likeness (QED) is 0.372. The molecule has 0 amide bonds. The summed E-state index contributed by atoms with van der Waals surface area (Å²) >= 11 is 0. The highest BCUT2D eigenvalue weighted by Gasteiger charge is 2.39. The predicted molar refractivity (Wildman–Crippen MR) is 139 cm³/mol. The van der Waals surface area contributed by atoms with Crippen LogP contribution in [0, 0.1) is 25.2 Å². The average Bonchev–Trinajstić information content (AvgIpc) is 3.46. The van der Waals surface area contributed by atoms with Gasteiger partial charge < -0.3 is 15.5 Å². The Labute approximate surface area is 212 Å². The van der Waals surface area contributed by atoms with Crippen molar-refractivity contribution in [1.29, 1.82) is 5.26 Å². The minimum Gasteiger partial charge on any atom is -0.422 e. The van der Waals surface area contributed by atoms with E-state index < -0.39 is 5.92 Å². The van der Waals surface area contributed by atoms with E-state index in [1.807, 2.05) is 62.4 Å². The van der Waals surface area contributed by atoms with Crippen molar-refractivity contribution in [2.24, 2.45) is 5.73 Å². The van der Waals surface area contributed by atoms with Gasteiger partial charge in [0.2, 0.25) is 11.8 Å². The zero-order chi connectivity index (χ0) is 25.7. The molecule has 8 nitrogen and oxygen atoms in total. The van der Waals surface area contributed by atoms with Crippen LogP contribution in [0.1, 0.15) is 38.7 Å². The summed E-state index contributed by atoms with van der Waals surface area (Å²) in [6, 6.07) is 21.6. The summed E-state index contributed by atoms with van der Waals surface area (Å²) in [7, 11) is 0. The normalized spacial score (nSPS) is 14.8. The highest BCUT2D eigenvalue weighted by molar-refractivity contribution is 5.97. The molecule has 0 aliphatic carbocycles. The molecule has 6 rings (SSSR count). The van der Waals surface area contributed by atoms with Gasteiger partial charge in [-0.2, -0.15) is 15.0 Å². The first-order chi connectivity index (χ1) is 18.0. The van der Waals surface area contributed by atoms with Gasteiger partial charge in [-0.1, -0.05) is 48.0 Å². The second-order valence-electron chi connectivity index (χ2n) is 9.01. The molecule has 1 unspecified atom stereocenters. The summed E-state index contributed by atoms with van der Waals surface area (Å²) in [5.41, 5.74) is 13.0. The monoisotopic (exact) mass is 486 g/mol. The molecule has 4 heterocycles. The lowest BCUT2D eigenvalue weighted by Gasteiger charge is -2.25. The van der Waals surface area contributed by atoms with Gasteiger partial charge in [0.25, 0.3) is 5.91 Å². The van der Waals surface area contributed by atoms with Gasteiger partial charge in [-0.15, -0.1) is 0 Å². The van der Waals surface area contributed by atoms with Gasteiger partial charge in [-0.05, 0) is 43.2 Å². The summed E-state index contributed by atoms with van der Waals surface area (Å²) in [4.78, 5) is 20.9. The molecule has 0 saturated carbocycles. The van der Waals surface area contributed by atoms with E-state index in [9.17, 15) is 10.1 Å². The summed E-state index contributed by atoms with van der Waals surface area (Å²) < 4.78 is 7.14. The number of nitrogens with one attached hydrogen (secondary N) is 1. The van der Waals surface area contributed by atoms with E-state index in [4.69, 9.17) is 10.5 Å². The molecule has 5 aromatic rings. The van der Waals surface area contributed by atoms with Gasteiger partial charge in [0.1, 0.15) is 11.6 Å². The standard InChI is InChI=1S/C29H22N6O2/c1-16-7-9-18(10-8-16)26-25(20-5-3-4-6-22(20)33-26)24-21(15-30)27(31)37-29-23(24)17(2)34-35(29)28(36)19-11-13-32-14-12-19/h3-14,24,33H,31H2,1-2H3. The van der Waals surface area contributed by atoms with E-state index in [-0.39, 0.29) is 23.2 Å². The average molecular weight is 487 g/mol. The third-order valence-corrected chi connectivity index (χ3v) is 6.73. The number of nitrogens with zero attached hydrogens (tertiary/aromatic N) is 4. The van der Waals surface area contributed by atoms with Gasteiger partial charge in [0.05, 0.1) is 22.9 Å². The fourth-order valence-corrected chi connectivity index (χ4v) is 4.97. The van der Waals surface area contributed by atoms with E-state index in [2.05, 4.69) is 21.1 Å². The number of benzene rings is 2. The zero-order valence-corrected chi connectivity index (χ0v) is 20.2. The number of hydrogen-bond acceptors (Lipinski definition) is 6. The number of aromatic amines is 1. The van der Waals surface area contributed by atoms with E-state index in [0.717, 1.165) is 33.3 Å². The molecule has 2 aromatic carbocycles. The lowest BCUT2D eigenvalue weighted by Crippen LogP contribution is -2.24. The molecule has 1 aliphatic heterocycles. The van der Waals surface area contributed by atoms with Crippen LogP contribution < -0.4 is 10.5 Å². The molecule has 8 heteroatoms. The zero-order valence-electron chi connectivity index (χ0n) is 20.2. The van der Waals surface area contributed by atoms with Crippen LogP contribution in [-0.2, 0) is 0 Å². The van der Waals surface area contributed by atoms with Crippen molar-refractivity contribution in [2.75, 3.05) is 0 Å². The predicted octanol–water partition coefficient (Wildman–Crippen LogP) is 4.95. The van der Waals surface area contributed by atoms with Crippen LogP contribution in [0.5, 0.6) is 5.88 Å². The van der Waals surface area contributed by atoms with Gasteiger partial charge in [0.15, 0.2) is 0 Å². The Bertz CT molecular complexity index is 1750. The molecule has 1 atom stereocenters. The third kappa shape index (κ3) is 3.48. The van der Waals surface area contributed by atoms with E-state index in [1.165, 1.54) is 4.68 Å². The van der Waals surface area contributed by atoms with Crippen molar-refractivity contribution < 1.29 is 9.53 Å². The smallest absolute Gasteiger partial charge is 0.281 e. The van der Waals surface area contributed by atoms with Crippen LogP contribution in [-0.4, -0.2) is 25.7 Å². The molecule has 0 bridgehead atoms. The molecular weight excluding hydrogens is 464 g/mol. The number of nitrogens with two attached hydrogens (primary N) is 1. The minimum absolute atomic E-state index is 0.0520. The highest BCUT2D eigenvalue weighted by Crippen LogP contribution is 2.49. The molecule has 0 spiro atoms. The number of aromatic nitrogens is 4. The van der Waals surface area contributed by atoms with Crippen molar-refractivity contribution >= 4 is 16.8 Å². The number of hydrogen-bond donors (Lipinski definition) is 2. The van der Waals surface area contributed by atoms with Crippen molar-refractivity contribution in [1.82, 2.24) is 19.7 Å². The minimum atomic E-state index is -0.597. The van der Waals surface area contributed by atoms with E-state index in [1.54, 1.807) is 24.5 Å². The third-order valence-electron chi connectivity index (χ3n) is 6.73. The SMILES string of the molecule is Cc1ccc(-c2[nH]c3ccccc3c2C2C(C#N)=C(N)Oc3c2c(C)nn3C(=O)c2ccncc2)cc1. The molecule has 3 N–H and O–H groups in total. The molecule has 0 fully saturated rings. The summed E-state index contributed by atoms with van der Waals surface area (Å²) in [6.07, 6.45) is 3.09.